The van der Waals surface area contributed by atoms with Crippen molar-refractivity contribution in [2.75, 3.05) is 38.5 Å². The molecule has 0 saturated heterocycles. The summed E-state index contributed by atoms with van der Waals surface area (Å²) in [6, 6.07) is 9.79. The minimum absolute atomic E-state index is 0.0640. The zero-order valence-corrected chi connectivity index (χ0v) is 17.2. The maximum atomic E-state index is 12.5. The molecule has 28 heavy (non-hydrogen) atoms. The Morgan fingerprint density at radius 1 is 1.07 bits per heavy atom. The molecule has 0 bridgehead atoms. The molecule has 0 saturated carbocycles. The number of benzene rings is 2. The molecule has 0 unspecified atom stereocenters. The molecule has 1 amide bonds. The number of nitrogens with zero attached hydrogens (tertiary/aromatic N) is 1. The van der Waals surface area contributed by atoms with E-state index in [4.69, 9.17) is 14.6 Å². The topological polar surface area (TPSA) is 111 Å². The van der Waals surface area contributed by atoms with E-state index in [2.05, 4.69) is 5.32 Å². The van der Waals surface area contributed by atoms with Gasteiger partial charge in [-0.25, -0.2) is 13.6 Å². The molecule has 0 fully saturated rings. The lowest BCUT2D eigenvalue weighted by atomic mass is 10.1. The third-order valence-corrected chi connectivity index (χ3v) is 5.02. The molecular formula is C19H25N3O5S. The van der Waals surface area contributed by atoms with Gasteiger partial charge in [-0.05, 0) is 42.3 Å². The van der Waals surface area contributed by atoms with E-state index in [0.717, 1.165) is 5.56 Å². The molecule has 152 valence electrons. The number of rotatable bonds is 8. The monoisotopic (exact) mass is 407 g/mol. The van der Waals surface area contributed by atoms with Gasteiger partial charge in [-0.1, -0.05) is 0 Å². The summed E-state index contributed by atoms with van der Waals surface area (Å²) in [4.78, 5) is 14.2. The number of anilines is 2. The van der Waals surface area contributed by atoms with Gasteiger partial charge in [-0.2, -0.15) is 0 Å². The summed E-state index contributed by atoms with van der Waals surface area (Å²) in [7, 11) is 2.84. The van der Waals surface area contributed by atoms with E-state index in [-0.39, 0.29) is 17.2 Å². The number of hydrogen-bond donors (Lipinski definition) is 2. The van der Waals surface area contributed by atoms with E-state index in [1.165, 1.54) is 12.1 Å². The summed E-state index contributed by atoms with van der Waals surface area (Å²) < 4.78 is 33.7. The second-order valence-electron chi connectivity index (χ2n) is 6.39. The van der Waals surface area contributed by atoms with Crippen molar-refractivity contribution in [2.24, 2.45) is 5.14 Å². The number of sulfonamides is 1. The van der Waals surface area contributed by atoms with Crippen LogP contribution in [0.5, 0.6) is 11.5 Å². The largest absolute Gasteiger partial charge is 0.497 e. The van der Waals surface area contributed by atoms with Crippen molar-refractivity contribution in [3.8, 4) is 11.5 Å². The predicted octanol–water partition coefficient (Wildman–Crippen LogP) is 1.99. The van der Waals surface area contributed by atoms with Crippen LogP contribution in [0.3, 0.4) is 0 Å². The Kier molecular flexibility index (Phi) is 6.87. The first-order valence-corrected chi connectivity index (χ1v) is 10.0. The molecule has 2 rings (SSSR count). The van der Waals surface area contributed by atoms with Gasteiger partial charge in [-0.3, -0.25) is 4.79 Å². The molecule has 0 aliphatic carbocycles. The van der Waals surface area contributed by atoms with Crippen molar-refractivity contribution in [1.82, 2.24) is 0 Å². The number of methoxy groups -OCH3 is 2. The molecule has 0 radical (unpaired) electrons. The number of carbonyl (C=O) groups excluding carboxylic acids is 1. The number of aryl methyl sites for hydroxylation is 1. The van der Waals surface area contributed by atoms with Crippen LogP contribution in [-0.2, 0) is 21.2 Å². The molecule has 0 aliphatic heterocycles. The molecule has 0 aliphatic rings. The van der Waals surface area contributed by atoms with Crippen LogP contribution >= 0.6 is 0 Å². The van der Waals surface area contributed by atoms with Crippen LogP contribution in [0.25, 0.3) is 0 Å². The third-order valence-electron chi connectivity index (χ3n) is 4.10. The number of nitrogens with one attached hydrogen (secondary N) is 1. The smallest absolute Gasteiger partial charge is 0.238 e. The van der Waals surface area contributed by atoms with E-state index in [1.54, 1.807) is 45.3 Å². The highest BCUT2D eigenvalue weighted by Gasteiger charge is 2.15. The first kappa shape index (κ1) is 21.5. The van der Waals surface area contributed by atoms with Crippen molar-refractivity contribution in [1.29, 1.82) is 0 Å². The normalized spacial score (nSPS) is 11.0. The van der Waals surface area contributed by atoms with E-state index >= 15 is 0 Å². The van der Waals surface area contributed by atoms with Crippen molar-refractivity contribution < 1.29 is 22.7 Å². The average molecular weight is 407 g/mol. The van der Waals surface area contributed by atoms with Crippen molar-refractivity contribution in [3.05, 3.63) is 42.0 Å². The zero-order valence-electron chi connectivity index (χ0n) is 16.4. The number of nitrogens with two attached hydrogens (primary N) is 1. The Hall–Kier alpha value is -2.78. The molecule has 8 nitrogen and oxygen atoms in total. The van der Waals surface area contributed by atoms with E-state index in [0.29, 0.717) is 29.3 Å². The Morgan fingerprint density at radius 2 is 1.68 bits per heavy atom. The molecule has 0 atom stereocenters. The van der Waals surface area contributed by atoms with E-state index in [9.17, 15) is 13.2 Å². The van der Waals surface area contributed by atoms with Crippen LogP contribution in [0.4, 0.5) is 11.4 Å². The third kappa shape index (κ3) is 5.61. The fourth-order valence-electron chi connectivity index (χ4n) is 2.66. The van der Waals surface area contributed by atoms with Crippen molar-refractivity contribution in [3.63, 3.8) is 0 Å². The molecule has 3 N–H and O–H groups in total. The van der Waals surface area contributed by atoms with Gasteiger partial charge in [-0.15, -0.1) is 0 Å². The molecule has 9 heteroatoms. The molecule has 0 aromatic heterocycles. The molecule has 0 heterocycles. The maximum Gasteiger partial charge on any atom is 0.238 e. The van der Waals surface area contributed by atoms with Crippen LogP contribution in [-0.4, -0.2) is 42.6 Å². The lowest BCUT2D eigenvalue weighted by Gasteiger charge is -2.19. The van der Waals surface area contributed by atoms with Gasteiger partial charge in [0.15, 0.2) is 0 Å². The number of carbonyl (C=O) groups is 1. The Morgan fingerprint density at radius 3 is 2.18 bits per heavy atom. The minimum Gasteiger partial charge on any atom is -0.497 e. The first-order chi connectivity index (χ1) is 13.1. The number of amides is 1. The molecule has 0 spiro atoms. The Balaban J connectivity index is 2.17. The van der Waals surface area contributed by atoms with Gasteiger partial charge in [0.05, 0.1) is 30.5 Å². The molecule has 2 aromatic rings. The van der Waals surface area contributed by atoms with Crippen molar-refractivity contribution >= 4 is 27.3 Å². The maximum absolute atomic E-state index is 12.5. The van der Waals surface area contributed by atoms with Crippen LogP contribution in [0.15, 0.2) is 41.3 Å². The van der Waals surface area contributed by atoms with Crippen LogP contribution in [0.2, 0.25) is 0 Å². The van der Waals surface area contributed by atoms with Gasteiger partial charge < -0.3 is 19.7 Å². The van der Waals surface area contributed by atoms with E-state index in [1.807, 2.05) is 12.1 Å². The summed E-state index contributed by atoms with van der Waals surface area (Å²) in [6.45, 7) is 0. The number of hydrogen-bond acceptors (Lipinski definition) is 6. The van der Waals surface area contributed by atoms with Crippen molar-refractivity contribution in [2.45, 2.75) is 17.7 Å². The van der Waals surface area contributed by atoms with E-state index < -0.39 is 10.0 Å². The lowest BCUT2D eigenvalue weighted by Crippen LogP contribution is -2.19. The minimum atomic E-state index is -3.87. The SMILES string of the molecule is COc1cc(CCC(=O)Nc2cc(S(N)(=O)=O)ccc2N(C)C)cc(OC)c1. The first-order valence-electron chi connectivity index (χ1n) is 8.50. The van der Waals surface area contributed by atoms with Crippen LogP contribution in [0.1, 0.15) is 12.0 Å². The highest BCUT2D eigenvalue weighted by atomic mass is 32.2. The van der Waals surface area contributed by atoms with Gasteiger partial charge >= 0.3 is 0 Å². The standard InChI is InChI=1S/C19H25N3O5S/c1-22(2)18-7-6-16(28(20,24)25)12-17(18)21-19(23)8-5-13-9-14(26-3)11-15(10-13)27-4/h6-7,9-12H,5,8H2,1-4H3,(H,21,23)(H2,20,24,25). The molecule has 2 aromatic carbocycles. The fourth-order valence-corrected chi connectivity index (χ4v) is 3.20. The van der Waals surface area contributed by atoms with Gasteiger partial charge in [0.1, 0.15) is 11.5 Å². The highest BCUT2D eigenvalue weighted by molar-refractivity contribution is 7.89. The van der Waals surface area contributed by atoms with Crippen LogP contribution < -0.4 is 24.8 Å². The summed E-state index contributed by atoms with van der Waals surface area (Å²) in [6.07, 6.45) is 0.661. The summed E-state index contributed by atoms with van der Waals surface area (Å²) in [5, 5.41) is 7.96. The summed E-state index contributed by atoms with van der Waals surface area (Å²) in [5.74, 6) is 1.03. The Bertz CT molecular complexity index is 936. The average Bonchev–Trinajstić information content (AvgIpc) is 2.65. The zero-order chi connectivity index (χ0) is 20.9. The number of ether oxygens (including phenoxy) is 2. The molecular weight excluding hydrogens is 382 g/mol. The highest BCUT2D eigenvalue weighted by Crippen LogP contribution is 2.28. The quantitative estimate of drug-likeness (QED) is 0.692. The summed E-state index contributed by atoms with van der Waals surface area (Å²) in [5.41, 5.74) is 1.94. The number of primary sulfonamides is 1. The van der Waals surface area contributed by atoms with Gasteiger partial charge in [0.2, 0.25) is 15.9 Å². The van der Waals surface area contributed by atoms with Crippen LogP contribution in [0, 0.1) is 0 Å². The second-order valence-corrected chi connectivity index (χ2v) is 7.95. The lowest BCUT2D eigenvalue weighted by molar-refractivity contribution is -0.116. The summed E-state index contributed by atoms with van der Waals surface area (Å²) >= 11 is 0. The second kappa shape index (κ2) is 8.94. The van der Waals surface area contributed by atoms with Gasteiger partial charge in [0.25, 0.3) is 0 Å². The predicted molar refractivity (Wildman–Crippen MR) is 109 cm³/mol. The Labute approximate surface area is 165 Å². The fraction of sp³-hybridized carbons (Fsp3) is 0.316. The van der Waals surface area contributed by atoms with Gasteiger partial charge in [0, 0.05) is 26.6 Å².